The fraction of sp³-hybridized carbons (Fsp3) is 0.600. The molecule has 11 heavy (non-hydrogen) atoms. The third-order valence-corrected chi connectivity index (χ3v) is 1.72. The lowest BCUT2D eigenvalue weighted by Crippen LogP contribution is -2.22. The van der Waals surface area contributed by atoms with Crippen LogP contribution in [-0.4, -0.2) is 6.04 Å². The van der Waals surface area contributed by atoms with E-state index in [-0.39, 0.29) is 0 Å². The van der Waals surface area contributed by atoms with Crippen LogP contribution < -0.4 is 5.32 Å². The van der Waals surface area contributed by atoms with Gasteiger partial charge in [0.25, 0.3) is 0 Å². The lowest BCUT2D eigenvalue weighted by atomic mass is 10.0. The topological polar surface area (TPSA) is 12.0 Å². The summed E-state index contributed by atoms with van der Waals surface area (Å²) in [5, 5.41) is 3.39. The minimum absolute atomic E-state index is 0.538. The Morgan fingerprint density at radius 2 is 2.27 bits per heavy atom. The summed E-state index contributed by atoms with van der Waals surface area (Å²) in [7, 11) is 0. The molecule has 0 aromatic rings. The van der Waals surface area contributed by atoms with E-state index in [1.807, 2.05) is 0 Å². The molecule has 0 aliphatic heterocycles. The lowest BCUT2D eigenvalue weighted by Gasteiger charge is -2.16. The van der Waals surface area contributed by atoms with Gasteiger partial charge < -0.3 is 5.32 Å². The van der Waals surface area contributed by atoms with Gasteiger partial charge in [0.05, 0.1) is 0 Å². The van der Waals surface area contributed by atoms with Gasteiger partial charge in [-0.3, -0.25) is 0 Å². The maximum absolute atomic E-state index is 3.39. The monoisotopic (exact) mass is 151 g/mol. The smallest absolute Gasteiger partial charge is 0.0301 e. The van der Waals surface area contributed by atoms with Crippen LogP contribution in [0.15, 0.2) is 23.9 Å². The Kier molecular flexibility index (Phi) is 2.75. The average Bonchev–Trinajstić information content (AvgIpc) is 1.85. The molecule has 0 heterocycles. The highest BCUT2D eigenvalue weighted by Crippen LogP contribution is 2.14. The largest absolute Gasteiger partial charge is 0.383 e. The van der Waals surface area contributed by atoms with Crippen molar-refractivity contribution in [3.63, 3.8) is 0 Å². The van der Waals surface area contributed by atoms with Gasteiger partial charge in [-0.05, 0) is 32.3 Å². The molecule has 0 saturated heterocycles. The summed E-state index contributed by atoms with van der Waals surface area (Å²) in [6, 6.07) is 0.538. The predicted molar refractivity (Wildman–Crippen MR) is 49.3 cm³/mol. The standard InChI is InChI=1S/C10H17N/c1-8(2)11-10-6-4-5-9(3)7-10/h4,6-9,11H,5H2,1-3H3. The first-order valence-corrected chi connectivity index (χ1v) is 4.33. The van der Waals surface area contributed by atoms with Gasteiger partial charge in [0, 0.05) is 11.7 Å². The van der Waals surface area contributed by atoms with Gasteiger partial charge in [0.2, 0.25) is 0 Å². The first-order chi connectivity index (χ1) is 5.18. The van der Waals surface area contributed by atoms with Gasteiger partial charge in [0.15, 0.2) is 0 Å². The van der Waals surface area contributed by atoms with Gasteiger partial charge in [-0.25, -0.2) is 0 Å². The third kappa shape index (κ3) is 2.79. The third-order valence-electron chi connectivity index (χ3n) is 1.72. The molecule has 1 N–H and O–H groups in total. The molecule has 0 fully saturated rings. The zero-order chi connectivity index (χ0) is 8.27. The van der Waals surface area contributed by atoms with Gasteiger partial charge in [0.1, 0.15) is 0 Å². The molecule has 0 saturated carbocycles. The van der Waals surface area contributed by atoms with Crippen molar-refractivity contribution in [3.8, 4) is 0 Å². The molecule has 0 radical (unpaired) electrons. The Morgan fingerprint density at radius 1 is 1.55 bits per heavy atom. The molecule has 1 nitrogen and oxygen atoms in total. The molecule has 1 heteroatoms. The van der Waals surface area contributed by atoms with Crippen LogP contribution in [0.1, 0.15) is 27.2 Å². The minimum Gasteiger partial charge on any atom is -0.383 e. The molecule has 1 aliphatic carbocycles. The normalized spacial score (nSPS) is 23.6. The van der Waals surface area contributed by atoms with Gasteiger partial charge >= 0.3 is 0 Å². The summed E-state index contributed by atoms with van der Waals surface area (Å²) in [4.78, 5) is 0. The Hall–Kier alpha value is -0.720. The molecule has 1 unspecified atom stereocenters. The molecule has 0 bridgehead atoms. The Bertz CT molecular complexity index is 177. The molecule has 1 atom stereocenters. The highest BCUT2D eigenvalue weighted by molar-refractivity contribution is 5.22. The van der Waals surface area contributed by atoms with Crippen molar-refractivity contribution in [1.29, 1.82) is 0 Å². The highest BCUT2D eigenvalue weighted by Gasteiger charge is 2.03. The van der Waals surface area contributed by atoms with Crippen molar-refractivity contribution in [2.45, 2.75) is 33.2 Å². The van der Waals surface area contributed by atoms with Crippen molar-refractivity contribution >= 4 is 0 Å². The number of rotatable bonds is 2. The van der Waals surface area contributed by atoms with Gasteiger partial charge in [-0.15, -0.1) is 0 Å². The van der Waals surface area contributed by atoms with E-state index < -0.39 is 0 Å². The zero-order valence-electron chi connectivity index (χ0n) is 7.59. The summed E-state index contributed by atoms with van der Waals surface area (Å²) in [5.74, 6) is 0.696. The SMILES string of the molecule is CC1C=C(NC(C)C)C=CC1. The first-order valence-electron chi connectivity index (χ1n) is 4.33. The molecule has 1 aliphatic rings. The fourth-order valence-electron chi connectivity index (χ4n) is 1.27. The van der Waals surface area contributed by atoms with Crippen LogP contribution in [0.3, 0.4) is 0 Å². The highest BCUT2D eigenvalue weighted by atomic mass is 14.9. The van der Waals surface area contributed by atoms with Crippen LogP contribution >= 0.6 is 0 Å². The van der Waals surface area contributed by atoms with Crippen LogP contribution in [0.2, 0.25) is 0 Å². The van der Waals surface area contributed by atoms with E-state index in [0.717, 1.165) is 0 Å². The van der Waals surface area contributed by atoms with Crippen LogP contribution in [0.4, 0.5) is 0 Å². The van der Waals surface area contributed by atoms with E-state index in [0.29, 0.717) is 12.0 Å². The lowest BCUT2D eigenvalue weighted by molar-refractivity contribution is 0.649. The van der Waals surface area contributed by atoms with Crippen molar-refractivity contribution in [2.24, 2.45) is 5.92 Å². The van der Waals surface area contributed by atoms with E-state index in [1.54, 1.807) is 0 Å². The summed E-state index contributed by atoms with van der Waals surface area (Å²) >= 11 is 0. The second-order valence-corrected chi connectivity index (χ2v) is 3.54. The Labute approximate surface area is 69.2 Å². The van der Waals surface area contributed by atoms with E-state index in [2.05, 4.69) is 44.3 Å². The first kappa shape index (κ1) is 8.38. The number of nitrogens with one attached hydrogen (secondary N) is 1. The number of hydrogen-bond donors (Lipinski definition) is 1. The summed E-state index contributed by atoms with van der Waals surface area (Å²) in [6.45, 7) is 6.56. The van der Waals surface area contributed by atoms with E-state index in [1.165, 1.54) is 12.1 Å². The Balaban J connectivity index is 2.50. The molecule has 0 aromatic heterocycles. The van der Waals surface area contributed by atoms with Crippen molar-refractivity contribution in [1.82, 2.24) is 5.32 Å². The number of allylic oxidation sites excluding steroid dienone is 3. The number of hydrogen-bond acceptors (Lipinski definition) is 1. The van der Waals surface area contributed by atoms with Crippen LogP contribution in [0, 0.1) is 5.92 Å². The average molecular weight is 151 g/mol. The molecular weight excluding hydrogens is 134 g/mol. The predicted octanol–water partition coefficient (Wildman–Crippen LogP) is 2.46. The van der Waals surface area contributed by atoms with E-state index in [9.17, 15) is 0 Å². The molecule has 1 rings (SSSR count). The summed E-state index contributed by atoms with van der Waals surface area (Å²) < 4.78 is 0. The maximum atomic E-state index is 3.39. The van der Waals surface area contributed by atoms with Gasteiger partial charge in [-0.1, -0.05) is 19.1 Å². The molecule has 62 valence electrons. The van der Waals surface area contributed by atoms with E-state index in [4.69, 9.17) is 0 Å². The van der Waals surface area contributed by atoms with Crippen molar-refractivity contribution < 1.29 is 0 Å². The van der Waals surface area contributed by atoms with Crippen molar-refractivity contribution in [2.75, 3.05) is 0 Å². The van der Waals surface area contributed by atoms with Crippen molar-refractivity contribution in [3.05, 3.63) is 23.9 Å². The van der Waals surface area contributed by atoms with Crippen LogP contribution in [-0.2, 0) is 0 Å². The maximum Gasteiger partial charge on any atom is 0.0301 e. The zero-order valence-corrected chi connectivity index (χ0v) is 7.59. The fourth-order valence-corrected chi connectivity index (χ4v) is 1.27. The van der Waals surface area contributed by atoms with Crippen LogP contribution in [0.5, 0.6) is 0 Å². The minimum atomic E-state index is 0.538. The molecule has 0 amide bonds. The second-order valence-electron chi connectivity index (χ2n) is 3.54. The second kappa shape index (κ2) is 3.61. The summed E-state index contributed by atoms with van der Waals surface area (Å²) in [5.41, 5.74) is 1.28. The molecular formula is C10H17N. The summed E-state index contributed by atoms with van der Waals surface area (Å²) in [6.07, 6.45) is 7.87. The molecule has 0 aromatic carbocycles. The van der Waals surface area contributed by atoms with E-state index >= 15 is 0 Å². The Morgan fingerprint density at radius 3 is 2.82 bits per heavy atom. The van der Waals surface area contributed by atoms with Crippen LogP contribution in [0.25, 0.3) is 0 Å². The quantitative estimate of drug-likeness (QED) is 0.639. The van der Waals surface area contributed by atoms with Gasteiger partial charge in [-0.2, -0.15) is 0 Å². The molecule has 0 spiro atoms.